The maximum absolute atomic E-state index is 11.3. The molecule has 4 heteroatoms. The van der Waals surface area contributed by atoms with E-state index in [1.54, 1.807) is 6.92 Å². The maximum atomic E-state index is 11.3. The van der Waals surface area contributed by atoms with Crippen molar-refractivity contribution >= 4 is 21.7 Å². The van der Waals surface area contributed by atoms with Gasteiger partial charge in [0.05, 0.1) is 13.2 Å². The molecule has 1 aromatic carbocycles. The summed E-state index contributed by atoms with van der Waals surface area (Å²) in [4.78, 5) is 13.7. The Morgan fingerprint density at radius 1 is 1.39 bits per heavy atom. The van der Waals surface area contributed by atoms with Crippen LogP contribution in [0.15, 0.2) is 22.7 Å². The minimum absolute atomic E-state index is 0.107. The molecule has 18 heavy (non-hydrogen) atoms. The molecule has 0 aromatic heterocycles. The number of rotatable bonds is 4. The zero-order chi connectivity index (χ0) is 13.0. The molecule has 0 saturated carbocycles. The van der Waals surface area contributed by atoms with Crippen LogP contribution in [0.5, 0.6) is 0 Å². The summed E-state index contributed by atoms with van der Waals surface area (Å²) in [5, 5.41) is 0. The second-order valence-electron chi connectivity index (χ2n) is 4.57. The number of hydrogen-bond acceptors (Lipinski definition) is 3. The van der Waals surface area contributed by atoms with Crippen LogP contribution >= 0.6 is 15.9 Å². The SMILES string of the molecule is CC(=O)c1ccc(CCN2CCOCC2)c(Br)c1. The third-order valence-electron chi connectivity index (χ3n) is 3.26. The van der Waals surface area contributed by atoms with Gasteiger partial charge in [-0.25, -0.2) is 0 Å². The van der Waals surface area contributed by atoms with E-state index in [9.17, 15) is 4.79 Å². The van der Waals surface area contributed by atoms with E-state index in [1.807, 2.05) is 18.2 Å². The van der Waals surface area contributed by atoms with Gasteiger partial charge >= 0.3 is 0 Å². The van der Waals surface area contributed by atoms with Gasteiger partial charge < -0.3 is 4.74 Å². The summed E-state index contributed by atoms with van der Waals surface area (Å²) in [5.74, 6) is 0.107. The third kappa shape index (κ3) is 3.64. The number of nitrogens with zero attached hydrogens (tertiary/aromatic N) is 1. The van der Waals surface area contributed by atoms with Gasteiger partial charge in [0.1, 0.15) is 0 Å². The van der Waals surface area contributed by atoms with E-state index in [0.29, 0.717) is 0 Å². The summed E-state index contributed by atoms with van der Waals surface area (Å²) in [5.41, 5.74) is 2.02. The maximum Gasteiger partial charge on any atom is 0.159 e. The molecule has 1 saturated heterocycles. The zero-order valence-corrected chi connectivity index (χ0v) is 12.2. The lowest BCUT2D eigenvalue weighted by Crippen LogP contribution is -2.37. The Balaban J connectivity index is 1.94. The first-order valence-corrected chi connectivity index (χ1v) is 7.05. The van der Waals surface area contributed by atoms with Gasteiger partial charge in [-0.15, -0.1) is 0 Å². The van der Waals surface area contributed by atoms with Crippen LogP contribution in [0.4, 0.5) is 0 Å². The van der Waals surface area contributed by atoms with E-state index in [0.717, 1.165) is 49.3 Å². The number of morpholine rings is 1. The predicted molar refractivity (Wildman–Crippen MR) is 75.1 cm³/mol. The summed E-state index contributed by atoms with van der Waals surface area (Å²) >= 11 is 3.55. The van der Waals surface area contributed by atoms with Gasteiger partial charge in [-0.2, -0.15) is 0 Å². The van der Waals surface area contributed by atoms with Crippen LogP contribution < -0.4 is 0 Å². The normalized spacial score (nSPS) is 16.8. The smallest absolute Gasteiger partial charge is 0.159 e. The van der Waals surface area contributed by atoms with Crippen LogP contribution in [0.1, 0.15) is 22.8 Å². The number of carbonyl (C=O) groups excluding carboxylic acids is 1. The van der Waals surface area contributed by atoms with Crippen molar-refractivity contribution in [3.05, 3.63) is 33.8 Å². The lowest BCUT2D eigenvalue weighted by Gasteiger charge is -2.26. The van der Waals surface area contributed by atoms with Crippen LogP contribution in [-0.4, -0.2) is 43.5 Å². The highest BCUT2D eigenvalue weighted by atomic mass is 79.9. The van der Waals surface area contributed by atoms with Gasteiger partial charge in [0.25, 0.3) is 0 Å². The summed E-state index contributed by atoms with van der Waals surface area (Å²) in [6.45, 7) is 6.34. The number of ketones is 1. The Kier molecular flexibility index (Phi) is 4.92. The molecule has 0 unspecified atom stereocenters. The average molecular weight is 312 g/mol. The first-order chi connectivity index (χ1) is 8.66. The van der Waals surface area contributed by atoms with Gasteiger partial charge in [-0.1, -0.05) is 28.1 Å². The molecule has 1 aromatic rings. The quantitative estimate of drug-likeness (QED) is 0.800. The number of carbonyl (C=O) groups is 1. The highest BCUT2D eigenvalue weighted by Gasteiger charge is 2.11. The Bertz CT molecular complexity index is 428. The molecule has 2 rings (SSSR count). The molecule has 0 radical (unpaired) electrons. The number of Topliss-reactive ketones (excluding diaryl/α,β-unsaturated/α-hetero) is 1. The number of ether oxygens (including phenoxy) is 1. The average Bonchev–Trinajstić information content (AvgIpc) is 2.38. The molecule has 1 aliphatic heterocycles. The third-order valence-corrected chi connectivity index (χ3v) is 4.00. The van der Waals surface area contributed by atoms with Crippen LogP contribution in [0.25, 0.3) is 0 Å². The van der Waals surface area contributed by atoms with Crippen molar-refractivity contribution in [1.29, 1.82) is 0 Å². The van der Waals surface area contributed by atoms with Crippen molar-refractivity contribution in [3.63, 3.8) is 0 Å². The van der Waals surface area contributed by atoms with E-state index >= 15 is 0 Å². The van der Waals surface area contributed by atoms with Crippen LogP contribution in [-0.2, 0) is 11.2 Å². The first-order valence-electron chi connectivity index (χ1n) is 6.26. The number of hydrogen-bond donors (Lipinski definition) is 0. The highest BCUT2D eigenvalue weighted by Crippen LogP contribution is 2.20. The standard InChI is InChI=1S/C14H18BrNO2/c1-11(17)13-3-2-12(14(15)10-13)4-5-16-6-8-18-9-7-16/h2-3,10H,4-9H2,1H3. The van der Waals surface area contributed by atoms with Gasteiger partial charge in [-0.3, -0.25) is 9.69 Å². The van der Waals surface area contributed by atoms with Gasteiger partial charge in [0.2, 0.25) is 0 Å². The fourth-order valence-electron chi connectivity index (χ4n) is 2.07. The first kappa shape index (κ1) is 13.7. The van der Waals surface area contributed by atoms with Gasteiger partial charge in [0, 0.05) is 29.7 Å². The second kappa shape index (κ2) is 6.45. The summed E-state index contributed by atoms with van der Waals surface area (Å²) < 4.78 is 6.36. The predicted octanol–water partition coefficient (Wildman–Crippen LogP) is 2.53. The van der Waals surface area contributed by atoms with E-state index in [-0.39, 0.29) is 5.78 Å². The second-order valence-corrected chi connectivity index (χ2v) is 5.42. The molecule has 98 valence electrons. The van der Waals surface area contributed by atoms with E-state index in [2.05, 4.69) is 20.8 Å². The number of halogens is 1. The molecule has 0 bridgehead atoms. The van der Waals surface area contributed by atoms with E-state index in [4.69, 9.17) is 4.74 Å². The molecule has 0 N–H and O–H groups in total. The molecule has 1 fully saturated rings. The molecule has 3 nitrogen and oxygen atoms in total. The molecule has 0 amide bonds. The van der Waals surface area contributed by atoms with Gasteiger partial charge in [0.15, 0.2) is 5.78 Å². The highest BCUT2D eigenvalue weighted by molar-refractivity contribution is 9.10. The van der Waals surface area contributed by atoms with Crippen molar-refractivity contribution in [1.82, 2.24) is 4.90 Å². The Hall–Kier alpha value is -0.710. The molecule has 0 atom stereocenters. The lowest BCUT2D eigenvalue weighted by atomic mass is 10.1. The Morgan fingerprint density at radius 3 is 2.72 bits per heavy atom. The van der Waals surface area contributed by atoms with Crippen LogP contribution in [0, 0.1) is 0 Å². The van der Waals surface area contributed by atoms with Crippen LogP contribution in [0.3, 0.4) is 0 Å². The molecule has 1 aliphatic rings. The lowest BCUT2D eigenvalue weighted by molar-refractivity contribution is 0.0384. The fraction of sp³-hybridized carbons (Fsp3) is 0.500. The fourth-order valence-corrected chi connectivity index (χ4v) is 2.65. The zero-order valence-electron chi connectivity index (χ0n) is 10.6. The monoisotopic (exact) mass is 311 g/mol. The van der Waals surface area contributed by atoms with E-state index < -0.39 is 0 Å². The van der Waals surface area contributed by atoms with Crippen molar-refractivity contribution < 1.29 is 9.53 Å². The summed E-state index contributed by atoms with van der Waals surface area (Å²) in [7, 11) is 0. The Morgan fingerprint density at radius 2 is 2.11 bits per heavy atom. The van der Waals surface area contributed by atoms with Gasteiger partial charge in [-0.05, 0) is 25.0 Å². The Labute approximate surface area is 116 Å². The van der Waals surface area contributed by atoms with Crippen molar-refractivity contribution in [2.45, 2.75) is 13.3 Å². The topological polar surface area (TPSA) is 29.5 Å². The number of benzene rings is 1. The van der Waals surface area contributed by atoms with Crippen molar-refractivity contribution in [2.75, 3.05) is 32.8 Å². The summed E-state index contributed by atoms with van der Waals surface area (Å²) in [6, 6.07) is 5.86. The molecule has 0 spiro atoms. The molecule has 0 aliphatic carbocycles. The summed E-state index contributed by atoms with van der Waals surface area (Å²) in [6.07, 6.45) is 0.999. The largest absolute Gasteiger partial charge is 0.379 e. The van der Waals surface area contributed by atoms with Crippen molar-refractivity contribution in [3.8, 4) is 0 Å². The molecular formula is C14H18BrNO2. The molecular weight excluding hydrogens is 294 g/mol. The van der Waals surface area contributed by atoms with Crippen molar-refractivity contribution in [2.24, 2.45) is 0 Å². The molecule has 1 heterocycles. The minimum Gasteiger partial charge on any atom is -0.379 e. The van der Waals surface area contributed by atoms with E-state index in [1.165, 1.54) is 5.56 Å². The minimum atomic E-state index is 0.107. The van der Waals surface area contributed by atoms with Crippen LogP contribution in [0.2, 0.25) is 0 Å².